The van der Waals surface area contributed by atoms with Crippen molar-refractivity contribution in [2.75, 3.05) is 6.54 Å². The summed E-state index contributed by atoms with van der Waals surface area (Å²) in [5.41, 5.74) is 2.11. The van der Waals surface area contributed by atoms with Crippen LogP contribution in [0.3, 0.4) is 0 Å². The smallest absolute Gasteiger partial charge is 0.223 e. The molecule has 0 aliphatic rings. The predicted octanol–water partition coefficient (Wildman–Crippen LogP) is 2.25. The molecule has 0 aliphatic carbocycles. The number of aliphatic hydroxyl groups is 1. The number of rotatable bonds is 6. The summed E-state index contributed by atoms with van der Waals surface area (Å²) >= 11 is 1.60. The Kier molecular flexibility index (Phi) is 5.00. The predicted molar refractivity (Wildman–Crippen MR) is 84.7 cm³/mol. The van der Waals surface area contributed by atoms with Crippen LogP contribution in [0.5, 0.6) is 0 Å². The summed E-state index contributed by atoms with van der Waals surface area (Å²) in [6, 6.07) is 0.102. The highest BCUT2D eigenvalue weighted by Gasteiger charge is 2.19. The normalized spacial score (nSPS) is 13.0. The largest absolute Gasteiger partial charge is 0.392 e. The van der Waals surface area contributed by atoms with Crippen LogP contribution in [0.15, 0.2) is 11.6 Å². The second kappa shape index (κ2) is 6.58. The third-order valence-corrected chi connectivity index (χ3v) is 4.29. The van der Waals surface area contributed by atoms with Gasteiger partial charge in [0.15, 0.2) is 4.96 Å². The fourth-order valence-electron chi connectivity index (χ4n) is 2.39. The molecule has 0 saturated carbocycles. The Balaban J connectivity index is 2.02. The summed E-state index contributed by atoms with van der Waals surface area (Å²) < 4.78 is 2.06. The first-order valence-corrected chi connectivity index (χ1v) is 8.16. The van der Waals surface area contributed by atoms with Crippen molar-refractivity contribution in [1.82, 2.24) is 14.3 Å². The number of fused-ring (bicyclic) bond motifs is 1. The lowest BCUT2D eigenvalue weighted by atomic mass is 10.2. The van der Waals surface area contributed by atoms with Gasteiger partial charge in [0.2, 0.25) is 5.91 Å². The van der Waals surface area contributed by atoms with Crippen molar-refractivity contribution in [2.24, 2.45) is 0 Å². The van der Waals surface area contributed by atoms with Crippen LogP contribution in [0.25, 0.3) is 4.96 Å². The second-order valence-corrected chi connectivity index (χ2v) is 6.59. The minimum Gasteiger partial charge on any atom is -0.392 e. The van der Waals surface area contributed by atoms with Crippen molar-refractivity contribution >= 4 is 22.2 Å². The number of amides is 1. The Morgan fingerprint density at radius 1 is 1.48 bits per heavy atom. The van der Waals surface area contributed by atoms with Crippen LogP contribution in [0, 0.1) is 6.92 Å². The quantitative estimate of drug-likeness (QED) is 0.890. The van der Waals surface area contributed by atoms with E-state index in [9.17, 15) is 9.90 Å². The molecule has 2 heterocycles. The molecule has 0 aliphatic heterocycles. The van der Waals surface area contributed by atoms with E-state index in [1.165, 1.54) is 0 Å². The van der Waals surface area contributed by atoms with E-state index in [-0.39, 0.29) is 11.9 Å². The Morgan fingerprint density at radius 3 is 2.81 bits per heavy atom. The van der Waals surface area contributed by atoms with Crippen LogP contribution in [0.2, 0.25) is 0 Å². The second-order valence-electron chi connectivity index (χ2n) is 5.75. The van der Waals surface area contributed by atoms with E-state index < -0.39 is 6.10 Å². The summed E-state index contributed by atoms with van der Waals surface area (Å²) in [6.45, 7) is 8.02. The van der Waals surface area contributed by atoms with E-state index in [0.717, 1.165) is 16.3 Å². The first-order valence-electron chi connectivity index (χ1n) is 7.28. The van der Waals surface area contributed by atoms with Gasteiger partial charge < -0.3 is 10.0 Å². The summed E-state index contributed by atoms with van der Waals surface area (Å²) in [5, 5.41) is 11.6. The lowest BCUT2D eigenvalue weighted by molar-refractivity contribution is -0.134. The van der Waals surface area contributed by atoms with Gasteiger partial charge in [-0.2, -0.15) is 0 Å². The van der Waals surface area contributed by atoms with Crippen LogP contribution in [0.1, 0.15) is 38.6 Å². The Hall–Kier alpha value is -1.40. The standard InChI is InChI=1S/C15H23N3O2S/c1-10(2)17(8-12(4)19)14(20)6-5-13-9-21-15-16-11(3)7-18(13)15/h7,9-10,12,19H,5-6,8H2,1-4H3. The minimum atomic E-state index is -0.500. The SMILES string of the molecule is Cc1cn2c(CCC(=O)N(CC(C)O)C(C)C)csc2n1. The number of aliphatic hydroxyl groups excluding tert-OH is 1. The molecular formula is C15H23N3O2S. The van der Waals surface area contributed by atoms with E-state index in [0.29, 0.717) is 19.4 Å². The number of aryl methyl sites for hydroxylation is 2. The zero-order valence-electron chi connectivity index (χ0n) is 13.0. The molecule has 2 aromatic heterocycles. The molecule has 116 valence electrons. The molecule has 1 atom stereocenters. The number of carbonyl (C=O) groups is 1. The maximum absolute atomic E-state index is 12.3. The zero-order valence-corrected chi connectivity index (χ0v) is 13.9. The van der Waals surface area contributed by atoms with Gasteiger partial charge >= 0.3 is 0 Å². The molecule has 0 fully saturated rings. The fourth-order valence-corrected chi connectivity index (χ4v) is 3.34. The number of nitrogens with zero attached hydrogens (tertiary/aromatic N) is 3. The zero-order chi connectivity index (χ0) is 15.6. The summed E-state index contributed by atoms with van der Waals surface area (Å²) in [4.78, 5) is 19.5. The van der Waals surface area contributed by atoms with Crippen molar-refractivity contribution in [3.05, 3.63) is 23.0 Å². The average Bonchev–Trinajstić information content (AvgIpc) is 2.92. The highest BCUT2D eigenvalue weighted by molar-refractivity contribution is 7.15. The van der Waals surface area contributed by atoms with Crippen molar-refractivity contribution in [3.8, 4) is 0 Å². The number of imidazole rings is 1. The molecule has 2 rings (SSSR count). The molecule has 21 heavy (non-hydrogen) atoms. The van der Waals surface area contributed by atoms with Gasteiger partial charge in [0, 0.05) is 36.3 Å². The van der Waals surface area contributed by atoms with Crippen LogP contribution < -0.4 is 0 Å². The Morgan fingerprint density at radius 2 is 2.19 bits per heavy atom. The summed E-state index contributed by atoms with van der Waals surface area (Å²) in [7, 11) is 0. The maximum atomic E-state index is 12.3. The number of aromatic nitrogens is 2. The van der Waals surface area contributed by atoms with Gasteiger partial charge in [-0.25, -0.2) is 4.98 Å². The number of carbonyl (C=O) groups excluding carboxylic acids is 1. The van der Waals surface area contributed by atoms with Crippen LogP contribution in [-0.4, -0.2) is 44.0 Å². The molecular weight excluding hydrogens is 286 g/mol. The molecule has 0 spiro atoms. The first-order chi connectivity index (χ1) is 9.88. The third kappa shape index (κ3) is 3.83. The van der Waals surface area contributed by atoms with E-state index in [4.69, 9.17) is 0 Å². The van der Waals surface area contributed by atoms with Gasteiger partial charge in [0.05, 0.1) is 11.8 Å². The molecule has 0 aromatic carbocycles. The van der Waals surface area contributed by atoms with E-state index in [2.05, 4.69) is 14.8 Å². The molecule has 5 nitrogen and oxygen atoms in total. The summed E-state index contributed by atoms with van der Waals surface area (Å²) in [5.74, 6) is 0.0853. The first kappa shape index (κ1) is 16.0. The van der Waals surface area contributed by atoms with Crippen LogP contribution in [-0.2, 0) is 11.2 Å². The lowest BCUT2D eigenvalue weighted by Gasteiger charge is -2.28. The van der Waals surface area contributed by atoms with Crippen molar-refractivity contribution < 1.29 is 9.90 Å². The Labute approximate surface area is 129 Å². The molecule has 0 saturated heterocycles. The minimum absolute atomic E-state index is 0.0853. The topological polar surface area (TPSA) is 57.8 Å². The van der Waals surface area contributed by atoms with Crippen molar-refractivity contribution in [1.29, 1.82) is 0 Å². The van der Waals surface area contributed by atoms with E-state index in [1.807, 2.05) is 27.0 Å². The van der Waals surface area contributed by atoms with Gasteiger partial charge in [-0.3, -0.25) is 9.20 Å². The third-order valence-electron chi connectivity index (χ3n) is 3.40. The number of thiazole rings is 1. The monoisotopic (exact) mass is 309 g/mol. The van der Waals surface area contributed by atoms with E-state index in [1.54, 1.807) is 23.2 Å². The maximum Gasteiger partial charge on any atom is 0.223 e. The van der Waals surface area contributed by atoms with E-state index >= 15 is 0 Å². The van der Waals surface area contributed by atoms with Gasteiger partial charge in [-0.1, -0.05) is 0 Å². The van der Waals surface area contributed by atoms with Gasteiger partial charge in [0.1, 0.15) is 0 Å². The molecule has 1 N–H and O–H groups in total. The average molecular weight is 309 g/mol. The molecule has 1 amide bonds. The van der Waals surface area contributed by atoms with Gasteiger partial charge in [-0.15, -0.1) is 11.3 Å². The summed E-state index contributed by atoms with van der Waals surface area (Å²) in [6.07, 6.45) is 2.65. The van der Waals surface area contributed by atoms with Gasteiger partial charge in [0.25, 0.3) is 0 Å². The highest BCUT2D eigenvalue weighted by Crippen LogP contribution is 2.18. The highest BCUT2D eigenvalue weighted by atomic mass is 32.1. The molecule has 6 heteroatoms. The van der Waals surface area contributed by atoms with Crippen LogP contribution in [0.4, 0.5) is 0 Å². The molecule has 0 bridgehead atoms. The number of hydrogen-bond donors (Lipinski definition) is 1. The fraction of sp³-hybridized carbons (Fsp3) is 0.600. The van der Waals surface area contributed by atoms with Gasteiger partial charge in [-0.05, 0) is 34.1 Å². The molecule has 2 aromatic rings. The van der Waals surface area contributed by atoms with Crippen molar-refractivity contribution in [2.45, 2.75) is 52.7 Å². The lowest BCUT2D eigenvalue weighted by Crippen LogP contribution is -2.41. The molecule has 0 radical (unpaired) electrons. The van der Waals surface area contributed by atoms with Crippen molar-refractivity contribution in [3.63, 3.8) is 0 Å². The molecule has 1 unspecified atom stereocenters. The van der Waals surface area contributed by atoms with Crippen LogP contribution >= 0.6 is 11.3 Å². The number of hydrogen-bond acceptors (Lipinski definition) is 4. The Bertz CT molecular complexity index is 615.